The van der Waals surface area contributed by atoms with Crippen LogP contribution >= 0.6 is 0 Å². The van der Waals surface area contributed by atoms with E-state index in [-0.39, 0.29) is 16.7 Å². The van der Waals surface area contributed by atoms with Crippen molar-refractivity contribution in [1.29, 1.82) is 0 Å². The van der Waals surface area contributed by atoms with Crippen LogP contribution in [0.1, 0.15) is 32.3 Å². The summed E-state index contributed by atoms with van der Waals surface area (Å²) in [5.41, 5.74) is 5.89. The Morgan fingerprint density at radius 3 is 2.60 bits per heavy atom. The van der Waals surface area contributed by atoms with Gasteiger partial charge in [-0.25, -0.2) is 0 Å². The molecule has 1 aromatic rings. The minimum Gasteiger partial charge on any atom is -0.355 e. The lowest BCUT2D eigenvalue weighted by atomic mass is 9.93. The number of carbonyl (C=O) groups is 1. The number of amides is 1. The molecule has 0 bridgehead atoms. The summed E-state index contributed by atoms with van der Waals surface area (Å²) in [5, 5.41) is 2.98. The van der Waals surface area contributed by atoms with Crippen molar-refractivity contribution < 1.29 is 13.2 Å². The van der Waals surface area contributed by atoms with Gasteiger partial charge < -0.3 is 16.0 Å². The molecule has 136 valence electrons. The van der Waals surface area contributed by atoms with Crippen LogP contribution in [0.3, 0.4) is 0 Å². The summed E-state index contributed by atoms with van der Waals surface area (Å²) in [6, 6.07) is 6.87. The van der Waals surface area contributed by atoms with Gasteiger partial charge in [0.2, 0.25) is 5.91 Å². The molecule has 0 aromatic heterocycles. The molecule has 3 N–H and O–H groups in total. The van der Waals surface area contributed by atoms with Crippen molar-refractivity contribution in [3.05, 3.63) is 29.8 Å². The molecule has 0 spiro atoms. The summed E-state index contributed by atoms with van der Waals surface area (Å²) < 4.78 is 28.3. The summed E-state index contributed by atoms with van der Waals surface area (Å²) in [6.07, 6.45) is 1.32. The zero-order valence-electron chi connectivity index (χ0n) is 14.5. The van der Waals surface area contributed by atoms with E-state index in [4.69, 9.17) is 5.73 Å². The Hall–Kier alpha value is -1.93. The fraction of sp³-hybridized carbons (Fsp3) is 0.529. The normalized spacial score (nSPS) is 20.1. The van der Waals surface area contributed by atoms with Crippen molar-refractivity contribution >= 4 is 21.8 Å². The highest BCUT2D eigenvalue weighted by Gasteiger charge is 2.35. The van der Waals surface area contributed by atoms with Gasteiger partial charge in [0, 0.05) is 36.7 Å². The van der Waals surface area contributed by atoms with Gasteiger partial charge in [0.15, 0.2) is 5.84 Å². The number of benzene rings is 1. The number of nitrogens with zero attached hydrogens (tertiary/aromatic N) is 2. The third kappa shape index (κ3) is 3.55. The molecule has 0 radical (unpaired) electrons. The van der Waals surface area contributed by atoms with Crippen LogP contribution in [-0.4, -0.2) is 50.2 Å². The summed E-state index contributed by atoms with van der Waals surface area (Å²) in [5.74, 6) is 0.421. The fourth-order valence-electron chi connectivity index (χ4n) is 3.16. The van der Waals surface area contributed by atoms with Crippen molar-refractivity contribution in [3.63, 3.8) is 0 Å². The number of likely N-dealkylation sites (tertiary alicyclic amines) is 1. The average molecular weight is 364 g/mol. The van der Waals surface area contributed by atoms with Crippen LogP contribution in [0.15, 0.2) is 33.6 Å². The zero-order valence-corrected chi connectivity index (χ0v) is 15.3. The van der Waals surface area contributed by atoms with Crippen LogP contribution < -0.4 is 11.1 Å². The van der Waals surface area contributed by atoms with Gasteiger partial charge in [-0.15, -0.1) is 4.40 Å². The molecule has 1 amide bonds. The van der Waals surface area contributed by atoms with Gasteiger partial charge in [-0.1, -0.05) is 12.1 Å². The van der Waals surface area contributed by atoms with Gasteiger partial charge in [0.05, 0.1) is 0 Å². The number of sulfonamides is 1. The number of hydrogen-bond acceptors (Lipinski definition) is 5. The maximum Gasteiger partial charge on any atom is 0.285 e. The van der Waals surface area contributed by atoms with Crippen LogP contribution in [0.25, 0.3) is 0 Å². The highest BCUT2D eigenvalue weighted by Crippen LogP contribution is 2.29. The lowest BCUT2D eigenvalue weighted by molar-refractivity contribution is -0.127. The Kier molecular flexibility index (Phi) is 4.59. The van der Waals surface area contributed by atoms with Gasteiger partial charge in [-0.05, 0) is 38.8 Å². The van der Waals surface area contributed by atoms with E-state index in [0.717, 1.165) is 0 Å². The van der Waals surface area contributed by atoms with E-state index in [1.54, 1.807) is 18.2 Å². The second-order valence-corrected chi connectivity index (χ2v) is 8.80. The second kappa shape index (κ2) is 6.42. The molecule has 1 fully saturated rings. The van der Waals surface area contributed by atoms with Gasteiger partial charge in [-0.3, -0.25) is 4.79 Å². The van der Waals surface area contributed by atoms with E-state index in [2.05, 4.69) is 9.71 Å². The molecule has 7 nitrogen and oxygen atoms in total. The molecule has 8 heteroatoms. The molecule has 2 aliphatic heterocycles. The largest absolute Gasteiger partial charge is 0.355 e. The first kappa shape index (κ1) is 17.9. The molecule has 0 unspecified atom stereocenters. The summed E-state index contributed by atoms with van der Waals surface area (Å²) in [4.78, 5) is 14.6. The van der Waals surface area contributed by atoms with Crippen molar-refractivity contribution in [3.8, 4) is 0 Å². The van der Waals surface area contributed by atoms with Crippen LogP contribution in [0.2, 0.25) is 0 Å². The van der Waals surface area contributed by atoms with Gasteiger partial charge in [-0.2, -0.15) is 8.42 Å². The van der Waals surface area contributed by atoms with E-state index in [0.29, 0.717) is 43.9 Å². The lowest BCUT2D eigenvalue weighted by Gasteiger charge is -2.34. The number of fused-ring (bicyclic) bond motifs is 1. The smallest absolute Gasteiger partial charge is 0.285 e. The molecule has 2 aliphatic rings. The summed E-state index contributed by atoms with van der Waals surface area (Å²) >= 11 is 0. The third-order valence-corrected chi connectivity index (χ3v) is 6.07. The van der Waals surface area contributed by atoms with Crippen LogP contribution in [0, 0.1) is 5.92 Å². The fourth-order valence-corrected chi connectivity index (χ4v) is 4.38. The quantitative estimate of drug-likeness (QED) is 0.821. The Morgan fingerprint density at radius 2 is 1.96 bits per heavy atom. The molecule has 0 aliphatic carbocycles. The number of nitrogens with one attached hydrogen (secondary N) is 1. The SMILES string of the molecule is CC(C)(CN)NC(=O)C1CCN(C2=NS(=O)(=O)c3ccccc32)CC1. The first-order valence-corrected chi connectivity index (χ1v) is 9.89. The Labute approximate surface area is 148 Å². The van der Waals surface area contributed by atoms with Gasteiger partial charge >= 0.3 is 0 Å². The average Bonchev–Trinajstić information content (AvgIpc) is 2.86. The monoisotopic (exact) mass is 364 g/mol. The van der Waals surface area contributed by atoms with Crippen LogP contribution in [-0.2, 0) is 14.8 Å². The molecular formula is C17H24N4O3S. The Morgan fingerprint density at radius 1 is 1.32 bits per heavy atom. The maximum atomic E-state index is 12.4. The van der Waals surface area contributed by atoms with Crippen molar-refractivity contribution in [2.45, 2.75) is 37.1 Å². The number of nitrogens with two attached hydrogens (primary N) is 1. The maximum absolute atomic E-state index is 12.4. The number of rotatable bonds is 3. The predicted octanol–water partition coefficient (Wildman–Crippen LogP) is 0.701. The summed E-state index contributed by atoms with van der Waals surface area (Å²) in [7, 11) is -3.61. The van der Waals surface area contributed by atoms with E-state index >= 15 is 0 Å². The number of hydrogen-bond donors (Lipinski definition) is 2. The van der Waals surface area contributed by atoms with Crippen LogP contribution in [0.4, 0.5) is 0 Å². The molecule has 3 rings (SSSR count). The first-order chi connectivity index (χ1) is 11.7. The molecule has 1 aromatic carbocycles. The van der Waals surface area contributed by atoms with Crippen molar-refractivity contribution in [2.24, 2.45) is 16.0 Å². The number of carbonyl (C=O) groups excluding carboxylic acids is 1. The van der Waals surface area contributed by atoms with Crippen LogP contribution in [0.5, 0.6) is 0 Å². The highest BCUT2D eigenvalue weighted by molar-refractivity contribution is 7.90. The predicted molar refractivity (Wildman–Crippen MR) is 95.7 cm³/mol. The molecular weight excluding hydrogens is 340 g/mol. The zero-order chi connectivity index (χ0) is 18.2. The molecule has 0 atom stereocenters. The van der Waals surface area contributed by atoms with E-state index in [9.17, 15) is 13.2 Å². The lowest BCUT2D eigenvalue weighted by Crippen LogP contribution is -2.52. The molecule has 25 heavy (non-hydrogen) atoms. The molecule has 2 heterocycles. The highest BCUT2D eigenvalue weighted by atomic mass is 32.2. The Bertz CT molecular complexity index is 809. The van der Waals surface area contributed by atoms with Crippen molar-refractivity contribution in [2.75, 3.05) is 19.6 Å². The second-order valence-electron chi connectivity index (χ2n) is 7.22. The third-order valence-electron chi connectivity index (χ3n) is 4.75. The topological polar surface area (TPSA) is 105 Å². The minimum absolute atomic E-state index is 0.0106. The minimum atomic E-state index is -3.61. The van der Waals surface area contributed by atoms with E-state index in [1.807, 2.05) is 24.8 Å². The van der Waals surface area contributed by atoms with Gasteiger partial charge in [0.1, 0.15) is 4.90 Å². The number of amidine groups is 1. The summed E-state index contributed by atoms with van der Waals surface area (Å²) in [6.45, 7) is 5.38. The van der Waals surface area contributed by atoms with E-state index in [1.165, 1.54) is 0 Å². The number of piperidine rings is 1. The van der Waals surface area contributed by atoms with E-state index < -0.39 is 15.6 Å². The molecule has 0 saturated carbocycles. The molecule has 1 saturated heterocycles. The Balaban J connectivity index is 1.69. The first-order valence-electron chi connectivity index (χ1n) is 8.45. The van der Waals surface area contributed by atoms with Crippen molar-refractivity contribution in [1.82, 2.24) is 10.2 Å². The standard InChI is InChI=1S/C17H24N4O3S/c1-17(2,11-18)19-16(22)12-7-9-21(10-8-12)15-13-5-3-4-6-14(13)25(23,24)20-15/h3-6,12H,7-11,18H2,1-2H3,(H,19,22). The van der Waals surface area contributed by atoms with Gasteiger partial charge in [0.25, 0.3) is 10.0 Å².